The van der Waals surface area contributed by atoms with E-state index in [9.17, 15) is 13.2 Å². The summed E-state index contributed by atoms with van der Waals surface area (Å²) >= 11 is 0. The molecule has 2 aromatic heterocycles. The van der Waals surface area contributed by atoms with Crippen LogP contribution in [0.2, 0.25) is 0 Å². The van der Waals surface area contributed by atoms with Crippen molar-refractivity contribution >= 4 is 26.7 Å². The SMILES string of the molecule is Cc1noc(C)c1S(=O)(=O)Nc1ccc2c(c1)[nH]c(=O)n2C. The molecule has 0 atom stereocenters. The van der Waals surface area contributed by atoms with Crippen molar-refractivity contribution in [1.29, 1.82) is 0 Å². The Kier molecular flexibility index (Phi) is 3.10. The van der Waals surface area contributed by atoms with Crippen molar-refractivity contribution in [3.05, 3.63) is 40.1 Å². The van der Waals surface area contributed by atoms with Crippen molar-refractivity contribution < 1.29 is 12.9 Å². The lowest BCUT2D eigenvalue weighted by atomic mass is 10.3. The summed E-state index contributed by atoms with van der Waals surface area (Å²) in [5.41, 5.74) is 1.60. The van der Waals surface area contributed by atoms with Gasteiger partial charge in [-0.1, -0.05) is 5.16 Å². The number of aryl methyl sites for hydroxylation is 3. The van der Waals surface area contributed by atoms with Crippen LogP contribution >= 0.6 is 0 Å². The number of anilines is 1. The molecule has 8 nitrogen and oxygen atoms in total. The van der Waals surface area contributed by atoms with Gasteiger partial charge in [-0.3, -0.25) is 9.29 Å². The molecule has 0 fully saturated rings. The summed E-state index contributed by atoms with van der Waals surface area (Å²) in [5.74, 6) is 0.221. The third-order valence-electron chi connectivity index (χ3n) is 3.39. The molecule has 0 saturated heterocycles. The van der Waals surface area contributed by atoms with Gasteiger partial charge in [-0.25, -0.2) is 13.2 Å². The third-order valence-corrected chi connectivity index (χ3v) is 5.02. The number of nitrogens with zero attached hydrogens (tertiary/aromatic N) is 2. The summed E-state index contributed by atoms with van der Waals surface area (Å²) in [6, 6.07) is 4.82. The fourth-order valence-corrected chi connectivity index (χ4v) is 3.75. The van der Waals surface area contributed by atoms with Crippen LogP contribution in [0.25, 0.3) is 11.0 Å². The van der Waals surface area contributed by atoms with Crippen LogP contribution in [0.5, 0.6) is 0 Å². The molecule has 0 spiro atoms. The van der Waals surface area contributed by atoms with Gasteiger partial charge < -0.3 is 9.51 Å². The lowest BCUT2D eigenvalue weighted by Crippen LogP contribution is -2.14. The standard InChI is InChI=1S/C13H14N4O4S/c1-7-12(8(2)21-15-7)22(19,20)16-9-4-5-11-10(6-9)14-13(18)17(11)3/h4-6,16H,1-3H3,(H,14,18). The highest BCUT2D eigenvalue weighted by Gasteiger charge is 2.24. The molecule has 2 heterocycles. The Morgan fingerprint density at radius 3 is 2.68 bits per heavy atom. The van der Waals surface area contributed by atoms with Crippen LogP contribution in [0.4, 0.5) is 5.69 Å². The molecular formula is C13H14N4O4S. The minimum atomic E-state index is -3.81. The average molecular weight is 322 g/mol. The van der Waals surface area contributed by atoms with Crippen molar-refractivity contribution in [3.8, 4) is 0 Å². The lowest BCUT2D eigenvalue weighted by Gasteiger charge is -2.07. The first-order valence-electron chi connectivity index (χ1n) is 6.44. The summed E-state index contributed by atoms with van der Waals surface area (Å²) in [6.07, 6.45) is 0. The van der Waals surface area contributed by atoms with E-state index < -0.39 is 10.0 Å². The van der Waals surface area contributed by atoms with Gasteiger partial charge in [-0.2, -0.15) is 0 Å². The average Bonchev–Trinajstić information content (AvgIpc) is 2.90. The van der Waals surface area contributed by atoms with Gasteiger partial charge in [0.2, 0.25) is 0 Å². The van der Waals surface area contributed by atoms with Gasteiger partial charge in [-0.15, -0.1) is 0 Å². The van der Waals surface area contributed by atoms with E-state index in [1.807, 2.05) is 0 Å². The van der Waals surface area contributed by atoms with E-state index in [4.69, 9.17) is 4.52 Å². The Balaban J connectivity index is 2.04. The molecule has 0 aliphatic rings. The summed E-state index contributed by atoms with van der Waals surface area (Å²) in [4.78, 5) is 14.2. The second-order valence-corrected chi connectivity index (χ2v) is 6.60. The first-order valence-corrected chi connectivity index (χ1v) is 7.92. The summed E-state index contributed by atoms with van der Waals surface area (Å²) in [7, 11) is -2.17. The predicted octanol–water partition coefficient (Wildman–Crippen LogP) is 1.27. The fourth-order valence-electron chi connectivity index (χ4n) is 2.37. The summed E-state index contributed by atoms with van der Waals surface area (Å²) < 4.78 is 33.6. The van der Waals surface area contributed by atoms with Gasteiger partial charge in [0.15, 0.2) is 10.7 Å². The highest BCUT2D eigenvalue weighted by atomic mass is 32.2. The minimum Gasteiger partial charge on any atom is -0.360 e. The molecule has 22 heavy (non-hydrogen) atoms. The first-order chi connectivity index (χ1) is 10.3. The fraction of sp³-hybridized carbons (Fsp3) is 0.231. The number of hydrogen-bond acceptors (Lipinski definition) is 5. The molecular weight excluding hydrogens is 308 g/mol. The monoisotopic (exact) mass is 322 g/mol. The third kappa shape index (κ3) is 2.19. The number of H-pyrrole nitrogens is 1. The van der Waals surface area contributed by atoms with Crippen molar-refractivity contribution in [2.45, 2.75) is 18.7 Å². The molecule has 0 bridgehead atoms. The number of nitrogens with one attached hydrogen (secondary N) is 2. The molecule has 0 aliphatic heterocycles. The van der Waals surface area contributed by atoms with E-state index in [1.54, 1.807) is 32.2 Å². The quantitative estimate of drug-likeness (QED) is 0.754. The predicted molar refractivity (Wildman–Crippen MR) is 80.3 cm³/mol. The zero-order valence-corrected chi connectivity index (χ0v) is 13.0. The zero-order valence-electron chi connectivity index (χ0n) is 12.2. The molecule has 0 amide bonds. The molecule has 0 unspecified atom stereocenters. The number of aromatic amines is 1. The Bertz CT molecular complexity index is 1010. The van der Waals surface area contributed by atoms with Gasteiger partial charge in [0.05, 0.1) is 16.7 Å². The Morgan fingerprint density at radius 1 is 1.32 bits per heavy atom. The van der Waals surface area contributed by atoms with E-state index in [-0.39, 0.29) is 16.3 Å². The van der Waals surface area contributed by atoms with Gasteiger partial charge >= 0.3 is 5.69 Å². The number of hydrogen-bond donors (Lipinski definition) is 2. The maximum atomic E-state index is 12.4. The van der Waals surface area contributed by atoms with E-state index in [0.29, 0.717) is 22.4 Å². The molecule has 3 aromatic rings. The summed E-state index contributed by atoms with van der Waals surface area (Å²) in [6.45, 7) is 3.09. The molecule has 1 aromatic carbocycles. The Labute approximate surface area is 125 Å². The van der Waals surface area contributed by atoms with Gasteiger partial charge in [0.25, 0.3) is 10.0 Å². The summed E-state index contributed by atoms with van der Waals surface area (Å²) in [5, 5.41) is 3.64. The highest BCUT2D eigenvalue weighted by molar-refractivity contribution is 7.92. The molecule has 0 saturated carbocycles. The van der Waals surface area contributed by atoms with E-state index >= 15 is 0 Å². The van der Waals surface area contributed by atoms with E-state index in [1.165, 1.54) is 11.5 Å². The normalized spacial score (nSPS) is 12.0. The molecule has 0 radical (unpaired) electrons. The largest absolute Gasteiger partial charge is 0.360 e. The molecule has 2 N–H and O–H groups in total. The van der Waals surface area contributed by atoms with Crippen LogP contribution in [0.1, 0.15) is 11.5 Å². The number of rotatable bonds is 3. The minimum absolute atomic E-state index is 0.0224. The van der Waals surface area contributed by atoms with Crippen molar-refractivity contribution in [3.63, 3.8) is 0 Å². The van der Waals surface area contributed by atoms with Crippen LogP contribution in [0, 0.1) is 13.8 Å². The number of benzene rings is 1. The molecule has 0 aliphatic carbocycles. The second kappa shape index (κ2) is 4.73. The van der Waals surface area contributed by atoms with Crippen LogP contribution in [-0.4, -0.2) is 23.1 Å². The second-order valence-electron chi connectivity index (χ2n) is 4.98. The maximum Gasteiger partial charge on any atom is 0.326 e. The van der Waals surface area contributed by atoms with Gasteiger partial charge in [0.1, 0.15) is 5.69 Å². The maximum absolute atomic E-state index is 12.4. The lowest BCUT2D eigenvalue weighted by molar-refractivity contribution is 0.390. The van der Waals surface area contributed by atoms with Gasteiger partial charge in [-0.05, 0) is 32.0 Å². The van der Waals surface area contributed by atoms with Crippen molar-refractivity contribution in [2.24, 2.45) is 7.05 Å². The molecule has 116 valence electrons. The Morgan fingerprint density at radius 2 is 2.05 bits per heavy atom. The van der Waals surface area contributed by atoms with Gasteiger partial charge in [0, 0.05) is 7.05 Å². The Hall–Kier alpha value is -2.55. The smallest absolute Gasteiger partial charge is 0.326 e. The van der Waals surface area contributed by atoms with Crippen LogP contribution in [0.15, 0.2) is 32.4 Å². The van der Waals surface area contributed by atoms with Crippen LogP contribution in [-0.2, 0) is 17.1 Å². The molecule has 3 rings (SSSR count). The molecule has 9 heteroatoms. The topological polar surface area (TPSA) is 110 Å². The number of sulfonamides is 1. The van der Waals surface area contributed by atoms with Crippen molar-refractivity contribution in [2.75, 3.05) is 4.72 Å². The highest BCUT2D eigenvalue weighted by Crippen LogP contribution is 2.23. The van der Waals surface area contributed by atoms with E-state index in [0.717, 1.165) is 0 Å². The number of imidazole rings is 1. The van der Waals surface area contributed by atoms with Crippen LogP contribution < -0.4 is 10.4 Å². The zero-order chi connectivity index (χ0) is 16.1. The van der Waals surface area contributed by atoms with Crippen molar-refractivity contribution in [1.82, 2.24) is 14.7 Å². The first kappa shape index (κ1) is 14.4. The number of fused-ring (bicyclic) bond motifs is 1. The van der Waals surface area contributed by atoms with Crippen LogP contribution in [0.3, 0.4) is 0 Å². The number of aromatic nitrogens is 3. The van der Waals surface area contributed by atoms with E-state index in [2.05, 4.69) is 14.9 Å².